The van der Waals surface area contributed by atoms with Crippen LogP contribution in [0.4, 0.5) is 0 Å². The van der Waals surface area contributed by atoms with E-state index in [9.17, 15) is 0 Å². The van der Waals surface area contributed by atoms with Crippen molar-refractivity contribution in [2.24, 2.45) is 0 Å². The molecule has 154 valence electrons. The van der Waals surface area contributed by atoms with E-state index in [2.05, 4.69) is 105 Å². The molecule has 3 heteroatoms. The van der Waals surface area contributed by atoms with Crippen molar-refractivity contribution in [1.82, 2.24) is 0 Å². The van der Waals surface area contributed by atoms with E-state index < -0.39 is 7.06 Å². The summed E-state index contributed by atoms with van der Waals surface area (Å²) >= 11 is 0. The van der Waals surface area contributed by atoms with Crippen molar-refractivity contribution < 1.29 is 9.05 Å². The molecule has 0 N–H and O–H groups in total. The zero-order valence-corrected chi connectivity index (χ0v) is 18.6. The van der Waals surface area contributed by atoms with Crippen LogP contribution in [0, 0.1) is 0 Å². The van der Waals surface area contributed by atoms with E-state index >= 15 is 0 Å². The predicted octanol–water partition coefficient (Wildman–Crippen LogP) is 5.98. The van der Waals surface area contributed by atoms with Gasteiger partial charge in [-0.3, -0.25) is 0 Å². The Bertz CT molecular complexity index is 736. The molecule has 3 aromatic carbocycles. The fraction of sp³-hybridized carbons (Fsp3) is 0.308. The molecule has 0 bridgehead atoms. The van der Waals surface area contributed by atoms with Crippen molar-refractivity contribution in [2.45, 2.75) is 39.5 Å². The molecule has 0 aromatic heterocycles. The molecule has 3 rings (SSSR count). The predicted molar refractivity (Wildman–Crippen MR) is 127 cm³/mol. The Labute approximate surface area is 176 Å². The minimum atomic E-state index is -3.57. The van der Waals surface area contributed by atoms with Crippen molar-refractivity contribution in [1.29, 1.82) is 0 Å². The number of unbranched alkanes of at least 4 members (excludes halogenated alkanes) is 2. The molecule has 0 radical (unpaired) electrons. The van der Waals surface area contributed by atoms with Crippen LogP contribution in [0.5, 0.6) is 0 Å². The van der Waals surface area contributed by atoms with E-state index in [-0.39, 0.29) is 0 Å². The topological polar surface area (TPSA) is 18.5 Å². The van der Waals surface area contributed by atoms with Crippen LogP contribution in [0.15, 0.2) is 91.0 Å². The summed E-state index contributed by atoms with van der Waals surface area (Å²) in [5.74, 6) is 0. The molecule has 0 atom stereocenters. The van der Waals surface area contributed by atoms with E-state index in [1.54, 1.807) is 0 Å². The quantitative estimate of drug-likeness (QED) is 0.287. The van der Waals surface area contributed by atoms with Crippen molar-refractivity contribution in [3.05, 3.63) is 91.0 Å². The van der Waals surface area contributed by atoms with Gasteiger partial charge in [0.05, 0.1) is 0 Å². The van der Waals surface area contributed by atoms with Crippen LogP contribution in [0.25, 0.3) is 0 Å². The van der Waals surface area contributed by atoms with Gasteiger partial charge in [0.1, 0.15) is 0 Å². The van der Waals surface area contributed by atoms with Crippen LogP contribution in [0.3, 0.4) is 0 Å². The van der Waals surface area contributed by atoms with Gasteiger partial charge in [0.25, 0.3) is 0 Å². The Hall–Kier alpha value is -1.99. The Balaban J connectivity index is 2.36. The van der Waals surface area contributed by atoms with Gasteiger partial charge in [-0.15, -0.1) is 0 Å². The summed E-state index contributed by atoms with van der Waals surface area (Å²) < 4.78 is 14.1. The second-order valence-electron chi connectivity index (χ2n) is 7.34. The summed E-state index contributed by atoms with van der Waals surface area (Å²) in [5, 5.41) is 3.38. The second-order valence-corrected chi connectivity index (χ2v) is 11.3. The Morgan fingerprint density at radius 1 is 0.517 bits per heavy atom. The van der Waals surface area contributed by atoms with E-state index in [1.165, 1.54) is 0 Å². The van der Waals surface area contributed by atoms with Gasteiger partial charge >= 0.3 is 176 Å². The van der Waals surface area contributed by atoms with Crippen molar-refractivity contribution in [3.8, 4) is 0 Å². The second kappa shape index (κ2) is 10.2. The van der Waals surface area contributed by atoms with Crippen molar-refractivity contribution >= 4 is 23.0 Å². The Morgan fingerprint density at radius 2 is 0.828 bits per heavy atom. The average Bonchev–Trinajstić information content (AvgIpc) is 2.80. The molecule has 29 heavy (non-hydrogen) atoms. The molecule has 0 fully saturated rings. The molecule has 0 unspecified atom stereocenters. The van der Waals surface area contributed by atoms with Gasteiger partial charge in [-0.2, -0.15) is 0 Å². The molecule has 3 aromatic rings. The fourth-order valence-corrected chi connectivity index (χ4v) is 8.75. The molecule has 0 heterocycles. The Morgan fingerprint density at radius 3 is 1.10 bits per heavy atom. The summed E-state index contributed by atoms with van der Waals surface area (Å²) in [7, 11) is -3.57. The SMILES string of the molecule is CCCCOP(OCCCC)(c1ccccc1)(c1ccccc1)c1ccccc1. The molecule has 0 aliphatic rings. The normalized spacial score (nSPS) is 13.0. The first kappa shape index (κ1) is 21.7. The number of benzene rings is 3. The molecule has 0 aliphatic carbocycles. The number of hydrogen-bond donors (Lipinski definition) is 0. The first-order valence-corrected chi connectivity index (χ1v) is 12.8. The monoisotopic (exact) mass is 408 g/mol. The van der Waals surface area contributed by atoms with Gasteiger partial charge in [-0.25, -0.2) is 0 Å². The molecular formula is C26H33O2P. The van der Waals surface area contributed by atoms with Crippen LogP contribution in [-0.2, 0) is 9.05 Å². The molecule has 0 aliphatic heterocycles. The molecule has 0 spiro atoms. The van der Waals surface area contributed by atoms with Crippen LogP contribution in [-0.4, -0.2) is 13.2 Å². The zero-order chi connectivity index (χ0) is 20.4. The Kier molecular flexibility index (Phi) is 7.61. The number of hydrogen-bond acceptors (Lipinski definition) is 2. The van der Waals surface area contributed by atoms with E-state index in [0.29, 0.717) is 13.2 Å². The van der Waals surface area contributed by atoms with Crippen molar-refractivity contribution in [3.63, 3.8) is 0 Å². The first-order chi connectivity index (χ1) is 14.3. The van der Waals surface area contributed by atoms with Crippen LogP contribution >= 0.6 is 7.06 Å². The van der Waals surface area contributed by atoms with E-state index in [0.717, 1.165) is 41.6 Å². The van der Waals surface area contributed by atoms with E-state index in [4.69, 9.17) is 9.05 Å². The third kappa shape index (κ3) is 4.16. The van der Waals surface area contributed by atoms with Crippen LogP contribution < -0.4 is 15.9 Å². The van der Waals surface area contributed by atoms with E-state index in [1.807, 2.05) is 0 Å². The van der Waals surface area contributed by atoms with Gasteiger partial charge in [-0.05, 0) is 0 Å². The van der Waals surface area contributed by atoms with Crippen molar-refractivity contribution in [2.75, 3.05) is 13.2 Å². The minimum absolute atomic E-state index is 0.666. The van der Waals surface area contributed by atoms with Gasteiger partial charge in [0.15, 0.2) is 0 Å². The van der Waals surface area contributed by atoms with Gasteiger partial charge in [-0.1, -0.05) is 0 Å². The third-order valence-corrected chi connectivity index (χ3v) is 10.4. The molecule has 0 saturated heterocycles. The summed E-state index contributed by atoms with van der Waals surface area (Å²) in [6, 6.07) is 31.8. The van der Waals surface area contributed by atoms with Gasteiger partial charge in [0.2, 0.25) is 0 Å². The standard InChI is InChI=1S/C26H33O2P/c1-3-5-22-27-29(28-23-6-4-2,24-16-10-7-11-17-24,25-18-12-8-13-19-25)26-20-14-9-15-21-26/h7-21H,3-6,22-23H2,1-2H3. The maximum absolute atomic E-state index is 7.07. The van der Waals surface area contributed by atoms with Crippen LogP contribution in [0.1, 0.15) is 39.5 Å². The number of rotatable bonds is 11. The fourth-order valence-electron chi connectivity index (χ4n) is 3.79. The van der Waals surface area contributed by atoms with Gasteiger partial charge in [0, 0.05) is 0 Å². The first-order valence-electron chi connectivity index (χ1n) is 10.8. The molecule has 0 amide bonds. The van der Waals surface area contributed by atoms with Crippen LogP contribution in [0.2, 0.25) is 0 Å². The summed E-state index contributed by atoms with van der Waals surface area (Å²) in [6.07, 6.45) is 4.17. The van der Waals surface area contributed by atoms with Gasteiger partial charge < -0.3 is 0 Å². The zero-order valence-electron chi connectivity index (χ0n) is 17.7. The molecular weight excluding hydrogens is 375 g/mol. The molecule has 0 saturated carbocycles. The summed E-state index contributed by atoms with van der Waals surface area (Å²) in [5.41, 5.74) is 0. The maximum atomic E-state index is 7.07. The average molecular weight is 409 g/mol. The summed E-state index contributed by atoms with van der Waals surface area (Å²) in [4.78, 5) is 0. The third-order valence-electron chi connectivity index (χ3n) is 5.35. The molecule has 2 nitrogen and oxygen atoms in total. The summed E-state index contributed by atoms with van der Waals surface area (Å²) in [6.45, 7) is 5.73.